The smallest absolute Gasteiger partial charge is 0.338 e. The highest BCUT2D eigenvalue weighted by Gasteiger charge is 2.22. The summed E-state index contributed by atoms with van der Waals surface area (Å²) in [7, 11) is 1.29. The number of nitrogens with one attached hydrogen (secondary N) is 1. The van der Waals surface area contributed by atoms with E-state index in [4.69, 9.17) is 13.9 Å². The fraction of sp³-hybridized carbons (Fsp3) is 0.192. The quantitative estimate of drug-likeness (QED) is 0.188. The summed E-state index contributed by atoms with van der Waals surface area (Å²) in [5.74, 6) is -9.15. The number of furan rings is 1. The minimum atomic E-state index is -1.69. The van der Waals surface area contributed by atoms with Crippen LogP contribution < -0.4 is 10.1 Å². The molecule has 0 aliphatic rings. The zero-order valence-electron chi connectivity index (χ0n) is 20.4. The molecule has 198 valence electrons. The molecule has 12 heteroatoms. The number of halogens is 4. The molecular weight excluding hydrogens is 510 g/mol. The third-order valence-corrected chi connectivity index (χ3v) is 5.68. The minimum Gasteiger partial charge on any atom is -0.479 e. The molecule has 2 aromatic heterocycles. The molecule has 1 amide bonds. The number of aryl methyl sites for hydroxylation is 1. The molecule has 1 N–H and O–H groups in total. The molecule has 2 aromatic carbocycles. The Bertz CT molecular complexity index is 1500. The van der Waals surface area contributed by atoms with Crippen molar-refractivity contribution in [1.29, 1.82) is 0 Å². The molecule has 0 aliphatic carbocycles. The SMILES string of the molecule is COC(=O)c1ccccc1Cn1nc(C)c(NC(=O)c2ccc(COc3c(F)c(F)cc(F)c3F)o2)c1C. The number of anilines is 1. The number of hydrogen-bond donors (Lipinski definition) is 1. The second-order valence-corrected chi connectivity index (χ2v) is 8.16. The van der Waals surface area contributed by atoms with Crippen molar-refractivity contribution in [2.75, 3.05) is 12.4 Å². The molecule has 0 atom stereocenters. The first kappa shape index (κ1) is 26.5. The van der Waals surface area contributed by atoms with E-state index in [0.29, 0.717) is 28.2 Å². The summed E-state index contributed by atoms with van der Waals surface area (Å²) in [6.07, 6.45) is 0. The van der Waals surface area contributed by atoms with Gasteiger partial charge in [0.05, 0.1) is 36.3 Å². The Labute approximate surface area is 213 Å². The number of carbonyl (C=O) groups excluding carboxylic acids is 2. The van der Waals surface area contributed by atoms with Gasteiger partial charge in [-0.15, -0.1) is 0 Å². The van der Waals surface area contributed by atoms with Gasteiger partial charge in [0.25, 0.3) is 5.91 Å². The molecule has 2 heterocycles. The molecule has 0 spiro atoms. The van der Waals surface area contributed by atoms with Gasteiger partial charge in [0.1, 0.15) is 12.4 Å². The number of nitrogens with zero attached hydrogens (tertiary/aromatic N) is 2. The average Bonchev–Trinajstić information content (AvgIpc) is 3.48. The largest absolute Gasteiger partial charge is 0.479 e. The lowest BCUT2D eigenvalue weighted by Crippen LogP contribution is -2.13. The fourth-order valence-electron chi connectivity index (χ4n) is 3.73. The molecule has 38 heavy (non-hydrogen) atoms. The molecule has 8 nitrogen and oxygen atoms in total. The van der Waals surface area contributed by atoms with Gasteiger partial charge in [-0.25, -0.2) is 13.6 Å². The second-order valence-electron chi connectivity index (χ2n) is 8.16. The van der Waals surface area contributed by atoms with Crippen LogP contribution in [0.1, 0.15) is 43.6 Å². The first-order chi connectivity index (χ1) is 18.1. The maximum absolute atomic E-state index is 13.8. The minimum absolute atomic E-state index is 0.0258. The summed E-state index contributed by atoms with van der Waals surface area (Å²) in [4.78, 5) is 24.9. The molecule has 4 rings (SSSR count). The third kappa shape index (κ3) is 5.24. The Morgan fingerprint density at radius 2 is 1.71 bits per heavy atom. The summed E-state index contributed by atoms with van der Waals surface area (Å²) in [5.41, 5.74) is 2.58. The van der Waals surface area contributed by atoms with Crippen molar-refractivity contribution in [3.05, 3.63) is 99.8 Å². The standard InChI is InChI=1S/C26H21F4N3O5/c1-13-23(14(2)33(32-13)11-15-6-4-5-7-17(15)26(35)36-3)31-25(34)20-9-8-16(38-20)12-37-24-21(29)18(27)10-19(28)22(24)30/h4-10H,11-12H2,1-3H3,(H,31,34). The van der Waals surface area contributed by atoms with Gasteiger partial charge in [-0.1, -0.05) is 18.2 Å². The van der Waals surface area contributed by atoms with Crippen LogP contribution in [0.4, 0.5) is 23.2 Å². The molecule has 0 unspecified atom stereocenters. The molecule has 0 radical (unpaired) electrons. The lowest BCUT2D eigenvalue weighted by molar-refractivity contribution is 0.0599. The highest BCUT2D eigenvalue weighted by Crippen LogP contribution is 2.28. The number of methoxy groups -OCH3 is 1. The van der Waals surface area contributed by atoms with Crippen LogP contribution in [0.2, 0.25) is 0 Å². The Morgan fingerprint density at radius 1 is 1.03 bits per heavy atom. The summed E-state index contributed by atoms with van der Waals surface area (Å²) in [6, 6.07) is 9.58. The van der Waals surface area contributed by atoms with Crippen LogP contribution in [0.15, 0.2) is 46.9 Å². The number of rotatable bonds is 8. The molecule has 0 fully saturated rings. The van der Waals surface area contributed by atoms with Crippen LogP contribution in [0.5, 0.6) is 5.75 Å². The highest BCUT2D eigenvalue weighted by molar-refractivity contribution is 6.03. The maximum atomic E-state index is 13.8. The Balaban J connectivity index is 1.47. The first-order valence-electron chi connectivity index (χ1n) is 11.2. The number of amides is 1. The molecular formula is C26H21F4N3O5. The van der Waals surface area contributed by atoms with Gasteiger partial charge in [-0.2, -0.15) is 13.9 Å². The fourth-order valence-corrected chi connectivity index (χ4v) is 3.73. The molecule has 4 aromatic rings. The van der Waals surface area contributed by atoms with Gasteiger partial charge in [0.15, 0.2) is 23.1 Å². The van der Waals surface area contributed by atoms with Crippen LogP contribution in [-0.4, -0.2) is 28.8 Å². The number of carbonyl (C=O) groups is 2. The number of ether oxygens (including phenoxy) is 2. The van der Waals surface area contributed by atoms with Crippen molar-refractivity contribution in [2.24, 2.45) is 0 Å². The van der Waals surface area contributed by atoms with E-state index in [1.165, 1.54) is 19.2 Å². The van der Waals surface area contributed by atoms with Gasteiger partial charge >= 0.3 is 5.97 Å². The van der Waals surface area contributed by atoms with Crippen LogP contribution in [0.3, 0.4) is 0 Å². The van der Waals surface area contributed by atoms with Crippen molar-refractivity contribution in [2.45, 2.75) is 27.0 Å². The van der Waals surface area contributed by atoms with Crippen molar-refractivity contribution in [3.8, 4) is 5.75 Å². The van der Waals surface area contributed by atoms with E-state index in [-0.39, 0.29) is 24.1 Å². The number of hydrogen-bond acceptors (Lipinski definition) is 6. The summed E-state index contributed by atoms with van der Waals surface area (Å²) >= 11 is 0. The number of benzene rings is 2. The molecule has 0 saturated heterocycles. The molecule has 0 bridgehead atoms. The normalized spacial score (nSPS) is 10.9. The van der Waals surface area contributed by atoms with Crippen LogP contribution in [0.25, 0.3) is 0 Å². The Kier molecular flexibility index (Phi) is 7.51. The summed E-state index contributed by atoms with van der Waals surface area (Å²) in [5, 5.41) is 7.15. The Morgan fingerprint density at radius 3 is 2.39 bits per heavy atom. The van der Waals surface area contributed by atoms with E-state index in [2.05, 4.69) is 10.4 Å². The molecule has 0 saturated carbocycles. The van der Waals surface area contributed by atoms with Gasteiger partial charge in [-0.3, -0.25) is 9.48 Å². The molecule has 0 aliphatic heterocycles. The van der Waals surface area contributed by atoms with Gasteiger partial charge in [0, 0.05) is 6.07 Å². The maximum Gasteiger partial charge on any atom is 0.338 e. The van der Waals surface area contributed by atoms with Crippen LogP contribution in [0, 0.1) is 37.1 Å². The van der Waals surface area contributed by atoms with Crippen molar-refractivity contribution in [3.63, 3.8) is 0 Å². The van der Waals surface area contributed by atoms with Gasteiger partial charge < -0.3 is 19.2 Å². The van der Waals surface area contributed by atoms with E-state index in [1.54, 1.807) is 42.8 Å². The highest BCUT2D eigenvalue weighted by atomic mass is 19.2. The summed E-state index contributed by atoms with van der Waals surface area (Å²) in [6.45, 7) is 3.07. The van der Waals surface area contributed by atoms with E-state index < -0.39 is 47.5 Å². The average molecular weight is 531 g/mol. The zero-order chi connectivity index (χ0) is 27.6. The van der Waals surface area contributed by atoms with E-state index in [0.717, 1.165) is 0 Å². The van der Waals surface area contributed by atoms with Crippen molar-refractivity contribution >= 4 is 17.6 Å². The topological polar surface area (TPSA) is 95.6 Å². The van der Waals surface area contributed by atoms with Gasteiger partial charge in [0.2, 0.25) is 11.6 Å². The predicted octanol–water partition coefficient (Wildman–Crippen LogP) is 5.32. The first-order valence-corrected chi connectivity index (χ1v) is 11.2. The zero-order valence-corrected chi connectivity index (χ0v) is 20.4. The van der Waals surface area contributed by atoms with E-state index in [1.807, 2.05) is 0 Å². The van der Waals surface area contributed by atoms with E-state index >= 15 is 0 Å². The second kappa shape index (κ2) is 10.8. The summed E-state index contributed by atoms with van der Waals surface area (Å²) < 4.78 is 71.0. The van der Waals surface area contributed by atoms with Crippen molar-refractivity contribution < 1.29 is 41.0 Å². The number of esters is 1. The monoisotopic (exact) mass is 531 g/mol. The van der Waals surface area contributed by atoms with Crippen LogP contribution >= 0.6 is 0 Å². The Hall–Kier alpha value is -4.61. The lowest BCUT2D eigenvalue weighted by atomic mass is 10.1. The predicted molar refractivity (Wildman–Crippen MR) is 126 cm³/mol. The lowest BCUT2D eigenvalue weighted by Gasteiger charge is -2.10. The number of aromatic nitrogens is 2. The third-order valence-electron chi connectivity index (χ3n) is 5.68. The van der Waals surface area contributed by atoms with Crippen LogP contribution in [-0.2, 0) is 17.9 Å². The van der Waals surface area contributed by atoms with Gasteiger partial charge in [-0.05, 0) is 37.6 Å². The van der Waals surface area contributed by atoms with Crippen molar-refractivity contribution in [1.82, 2.24) is 9.78 Å². The van der Waals surface area contributed by atoms with E-state index in [9.17, 15) is 27.2 Å².